The first-order chi connectivity index (χ1) is 11.5. The van der Waals surface area contributed by atoms with E-state index in [1.165, 1.54) is 0 Å². The highest BCUT2D eigenvalue weighted by molar-refractivity contribution is 9.10. The summed E-state index contributed by atoms with van der Waals surface area (Å²) in [5.41, 5.74) is 1.69. The number of piperidine rings is 1. The Kier molecular flexibility index (Phi) is 5.25. The van der Waals surface area contributed by atoms with Gasteiger partial charge in [0.1, 0.15) is 0 Å². The summed E-state index contributed by atoms with van der Waals surface area (Å²) < 4.78 is 6.66. The summed E-state index contributed by atoms with van der Waals surface area (Å²) in [5.74, 6) is -0.878. The molecule has 3 rings (SSSR count). The van der Waals surface area contributed by atoms with Crippen LogP contribution in [0.2, 0.25) is 0 Å². The average molecular weight is 396 g/mol. The molecular weight excluding hydrogens is 374 g/mol. The highest BCUT2D eigenvalue weighted by atomic mass is 79.9. The second-order valence-electron chi connectivity index (χ2n) is 6.66. The number of likely N-dealkylation sites (tertiary alicyclic amines) is 1. The van der Waals surface area contributed by atoms with Crippen molar-refractivity contribution in [3.05, 3.63) is 33.8 Å². The lowest BCUT2D eigenvalue weighted by atomic mass is 9.84. The zero-order valence-corrected chi connectivity index (χ0v) is 15.3. The van der Waals surface area contributed by atoms with Crippen molar-refractivity contribution < 1.29 is 19.4 Å². The van der Waals surface area contributed by atoms with Gasteiger partial charge in [-0.3, -0.25) is 9.59 Å². The predicted octanol–water partition coefficient (Wildman–Crippen LogP) is 3.10. The van der Waals surface area contributed by atoms with Gasteiger partial charge in [0.25, 0.3) is 5.91 Å². The molecule has 0 aliphatic carbocycles. The van der Waals surface area contributed by atoms with Gasteiger partial charge in [0.05, 0.1) is 12.0 Å². The summed E-state index contributed by atoms with van der Waals surface area (Å²) in [6.45, 7) is 3.78. The Balaban J connectivity index is 1.62. The first-order valence-corrected chi connectivity index (χ1v) is 9.16. The number of benzene rings is 1. The van der Waals surface area contributed by atoms with Crippen LogP contribution in [0.1, 0.15) is 35.2 Å². The third-order valence-corrected chi connectivity index (χ3v) is 5.66. The summed E-state index contributed by atoms with van der Waals surface area (Å²) in [5, 5.41) is 9.31. The number of hydrogen-bond acceptors (Lipinski definition) is 3. The van der Waals surface area contributed by atoms with Crippen LogP contribution in [0.5, 0.6) is 0 Å². The maximum atomic E-state index is 12.7. The SMILES string of the molecule is Cc1cc(Br)ccc1C(=O)N1CCC([C@@H]2OCCC2C(=O)O)CC1. The standard InChI is InChI=1S/C18H22BrNO4/c1-11-10-13(19)2-3-14(11)17(21)20-7-4-12(5-8-20)16-15(18(22)23)6-9-24-16/h2-3,10,12,15-16H,4-9H2,1H3,(H,22,23)/t15?,16-/m0/s1. The van der Waals surface area contributed by atoms with Crippen LogP contribution in [0, 0.1) is 18.8 Å². The molecule has 6 heteroatoms. The summed E-state index contributed by atoms with van der Waals surface area (Å²) in [7, 11) is 0. The van der Waals surface area contributed by atoms with E-state index >= 15 is 0 Å². The van der Waals surface area contributed by atoms with Gasteiger partial charge in [0, 0.05) is 29.7 Å². The molecule has 1 aromatic rings. The fourth-order valence-electron chi connectivity index (χ4n) is 3.81. The first kappa shape index (κ1) is 17.4. The number of carbonyl (C=O) groups excluding carboxylic acids is 1. The number of carboxylic acids is 1. The maximum absolute atomic E-state index is 12.7. The van der Waals surface area contributed by atoms with Crippen LogP contribution >= 0.6 is 15.9 Å². The van der Waals surface area contributed by atoms with Gasteiger partial charge in [-0.05, 0) is 55.9 Å². The Bertz CT molecular complexity index is 640. The molecule has 2 fully saturated rings. The Labute approximate surface area is 150 Å². The average Bonchev–Trinajstić information content (AvgIpc) is 3.04. The largest absolute Gasteiger partial charge is 0.481 e. The topological polar surface area (TPSA) is 66.8 Å². The van der Waals surface area contributed by atoms with Crippen molar-refractivity contribution >= 4 is 27.8 Å². The summed E-state index contributed by atoms with van der Waals surface area (Å²) in [4.78, 5) is 25.9. The number of carboxylic acid groups (broad SMARTS) is 1. The number of aliphatic carboxylic acids is 1. The van der Waals surface area contributed by atoms with Crippen LogP contribution in [-0.2, 0) is 9.53 Å². The summed E-state index contributed by atoms with van der Waals surface area (Å²) in [6, 6.07) is 5.69. The molecule has 0 spiro atoms. The highest BCUT2D eigenvalue weighted by Crippen LogP contribution is 2.33. The van der Waals surface area contributed by atoms with E-state index in [0.717, 1.165) is 28.4 Å². The normalized spacial score (nSPS) is 25.0. The lowest BCUT2D eigenvalue weighted by Gasteiger charge is -2.35. The number of hydrogen-bond donors (Lipinski definition) is 1. The van der Waals surface area contributed by atoms with Crippen molar-refractivity contribution in [2.24, 2.45) is 11.8 Å². The van der Waals surface area contributed by atoms with Gasteiger partial charge in [0.2, 0.25) is 0 Å². The molecule has 2 aliphatic rings. The quantitative estimate of drug-likeness (QED) is 0.853. The van der Waals surface area contributed by atoms with Gasteiger partial charge >= 0.3 is 5.97 Å². The van der Waals surface area contributed by atoms with Crippen LogP contribution < -0.4 is 0 Å². The molecule has 1 unspecified atom stereocenters. The molecule has 0 aromatic heterocycles. The monoisotopic (exact) mass is 395 g/mol. The third kappa shape index (κ3) is 3.49. The van der Waals surface area contributed by atoms with E-state index in [9.17, 15) is 14.7 Å². The predicted molar refractivity (Wildman–Crippen MR) is 93.0 cm³/mol. The van der Waals surface area contributed by atoms with Gasteiger partial charge in [0.15, 0.2) is 0 Å². The van der Waals surface area contributed by atoms with Crippen molar-refractivity contribution in [2.45, 2.75) is 32.3 Å². The molecule has 1 amide bonds. The molecule has 2 atom stereocenters. The fourth-order valence-corrected chi connectivity index (χ4v) is 4.28. The molecule has 1 N–H and O–H groups in total. The van der Waals surface area contributed by atoms with Gasteiger partial charge < -0.3 is 14.7 Å². The Hall–Kier alpha value is -1.40. The van der Waals surface area contributed by atoms with E-state index in [-0.39, 0.29) is 17.9 Å². The lowest BCUT2D eigenvalue weighted by molar-refractivity contribution is -0.145. The second-order valence-corrected chi connectivity index (χ2v) is 7.57. The van der Waals surface area contributed by atoms with E-state index in [1.54, 1.807) is 0 Å². The van der Waals surface area contributed by atoms with Gasteiger partial charge in [-0.1, -0.05) is 15.9 Å². The van der Waals surface area contributed by atoms with E-state index in [1.807, 2.05) is 30.0 Å². The van der Waals surface area contributed by atoms with Crippen molar-refractivity contribution in [3.63, 3.8) is 0 Å². The number of carbonyl (C=O) groups is 2. The minimum atomic E-state index is -0.763. The van der Waals surface area contributed by atoms with Crippen LogP contribution in [0.3, 0.4) is 0 Å². The fraction of sp³-hybridized carbons (Fsp3) is 0.556. The molecule has 2 heterocycles. The molecule has 0 saturated carbocycles. The zero-order valence-electron chi connectivity index (χ0n) is 13.7. The number of halogens is 1. The molecule has 5 nitrogen and oxygen atoms in total. The van der Waals surface area contributed by atoms with Gasteiger partial charge in [-0.2, -0.15) is 0 Å². The third-order valence-electron chi connectivity index (χ3n) is 5.16. The number of aryl methyl sites for hydroxylation is 1. The molecule has 1 aromatic carbocycles. The molecule has 0 radical (unpaired) electrons. The van der Waals surface area contributed by atoms with E-state index in [0.29, 0.717) is 26.1 Å². The van der Waals surface area contributed by atoms with E-state index < -0.39 is 11.9 Å². The first-order valence-electron chi connectivity index (χ1n) is 8.37. The molecular formula is C18H22BrNO4. The number of nitrogens with zero attached hydrogens (tertiary/aromatic N) is 1. The maximum Gasteiger partial charge on any atom is 0.309 e. The Morgan fingerprint density at radius 3 is 2.58 bits per heavy atom. The zero-order chi connectivity index (χ0) is 17.3. The molecule has 0 bridgehead atoms. The molecule has 2 aliphatic heterocycles. The van der Waals surface area contributed by atoms with Crippen molar-refractivity contribution in [3.8, 4) is 0 Å². The minimum Gasteiger partial charge on any atom is -0.481 e. The number of ether oxygens (including phenoxy) is 1. The van der Waals surface area contributed by atoms with Crippen LogP contribution in [0.15, 0.2) is 22.7 Å². The van der Waals surface area contributed by atoms with Crippen molar-refractivity contribution in [2.75, 3.05) is 19.7 Å². The number of rotatable bonds is 3. The second kappa shape index (κ2) is 7.23. The lowest BCUT2D eigenvalue weighted by Crippen LogP contribution is -2.43. The van der Waals surface area contributed by atoms with Crippen LogP contribution in [-0.4, -0.2) is 47.7 Å². The Morgan fingerprint density at radius 2 is 1.96 bits per heavy atom. The van der Waals surface area contributed by atoms with Crippen molar-refractivity contribution in [1.82, 2.24) is 4.90 Å². The van der Waals surface area contributed by atoms with Crippen molar-refractivity contribution in [1.29, 1.82) is 0 Å². The van der Waals surface area contributed by atoms with E-state index in [2.05, 4.69) is 15.9 Å². The molecule has 24 heavy (non-hydrogen) atoms. The minimum absolute atomic E-state index is 0.0561. The summed E-state index contributed by atoms with van der Waals surface area (Å²) in [6.07, 6.45) is 2.00. The van der Waals surface area contributed by atoms with Crippen LogP contribution in [0.25, 0.3) is 0 Å². The molecule has 2 saturated heterocycles. The Morgan fingerprint density at radius 1 is 1.25 bits per heavy atom. The smallest absolute Gasteiger partial charge is 0.309 e. The van der Waals surface area contributed by atoms with E-state index in [4.69, 9.17) is 4.74 Å². The van der Waals surface area contributed by atoms with Gasteiger partial charge in [-0.15, -0.1) is 0 Å². The van der Waals surface area contributed by atoms with Gasteiger partial charge in [-0.25, -0.2) is 0 Å². The van der Waals surface area contributed by atoms with Crippen LogP contribution in [0.4, 0.5) is 0 Å². The highest BCUT2D eigenvalue weighted by Gasteiger charge is 2.40. The summed E-state index contributed by atoms with van der Waals surface area (Å²) >= 11 is 3.42. The number of amides is 1. The molecule has 130 valence electrons.